The van der Waals surface area contributed by atoms with Gasteiger partial charge in [0.25, 0.3) is 0 Å². The minimum absolute atomic E-state index is 0.00702. The van der Waals surface area contributed by atoms with E-state index in [-0.39, 0.29) is 55.4 Å². The molecule has 2 aliphatic heterocycles. The van der Waals surface area contributed by atoms with Crippen LogP contribution < -0.4 is 9.97 Å². The van der Waals surface area contributed by atoms with E-state index >= 15 is 0 Å². The zero-order valence-electron chi connectivity index (χ0n) is 13.8. The Labute approximate surface area is 149 Å². The molecule has 2 heterocycles. The van der Waals surface area contributed by atoms with Crippen LogP contribution in [0.2, 0.25) is 0 Å². The second-order valence-corrected chi connectivity index (χ2v) is 6.17. The summed E-state index contributed by atoms with van der Waals surface area (Å²) in [5.74, 6) is -2.87. The molecule has 1 aromatic carbocycles. The van der Waals surface area contributed by atoms with Crippen LogP contribution in [0, 0.1) is 0 Å². The second-order valence-electron chi connectivity index (χ2n) is 6.17. The minimum atomic E-state index is -1.40. The second kappa shape index (κ2) is 7.16. The third-order valence-corrected chi connectivity index (χ3v) is 4.41. The van der Waals surface area contributed by atoms with Gasteiger partial charge in [-0.15, -0.1) is 0 Å². The summed E-state index contributed by atoms with van der Waals surface area (Å²) >= 11 is 0. The zero-order valence-corrected chi connectivity index (χ0v) is 13.8. The maximum atomic E-state index is 12.1. The van der Waals surface area contributed by atoms with E-state index in [9.17, 15) is 24.2 Å². The van der Waals surface area contributed by atoms with Crippen molar-refractivity contribution < 1.29 is 34.0 Å². The Hall–Kier alpha value is -2.88. The number of carboxylic acid groups (broad SMARTS) is 1. The van der Waals surface area contributed by atoms with Crippen LogP contribution in [0.25, 0.3) is 0 Å². The first-order valence-electron chi connectivity index (χ1n) is 8.19. The third-order valence-electron chi connectivity index (χ3n) is 4.41. The number of benzene rings is 1. The Kier molecular flexibility index (Phi) is 4.94. The molecule has 3 rings (SSSR count). The molecule has 10 heteroatoms. The molecule has 1 aromatic rings. The van der Waals surface area contributed by atoms with Gasteiger partial charge in [-0.05, 0) is 18.1 Å². The third kappa shape index (κ3) is 3.55. The van der Waals surface area contributed by atoms with E-state index in [0.29, 0.717) is 5.56 Å². The number of amides is 3. The topological polar surface area (TPSA) is 133 Å². The van der Waals surface area contributed by atoms with Gasteiger partial charge in [0.05, 0.1) is 11.5 Å². The van der Waals surface area contributed by atoms with Gasteiger partial charge in [-0.1, -0.05) is 12.1 Å². The van der Waals surface area contributed by atoms with Crippen LogP contribution in [0.3, 0.4) is 0 Å². The number of fused-ring (bicyclic) bond motifs is 1. The maximum Gasteiger partial charge on any atom is 0.547 e. The summed E-state index contributed by atoms with van der Waals surface area (Å²) in [7, 11) is -1.40. The van der Waals surface area contributed by atoms with Crippen molar-refractivity contribution in [3.05, 3.63) is 29.3 Å². The number of carbonyl (C=O) groups is 4. The molecule has 1 saturated heterocycles. The summed E-state index contributed by atoms with van der Waals surface area (Å²) in [6.45, 7) is -0.00702. The van der Waals surface area contributed by atoms with Gasteiger partial charge in [-0.3, -0.25) is 19.3 Å². The van der Waals surface area contributed by atoms with Gasteiger partial charge in [-0.25, -0.2) is 4.79 Å². The van der Waals surface area contributed by atoms with Crippen LogP contribution in [0.15, 0.2) is 18.2 Å². The van der Waals surface area contributed by atoms with Gasteiger partial charge in [0.15, 0.2) is 0 Å². The lowest BCUT2D eigenvalue weighted by molar-refractivity contribution is -0.138. The van der Waals surface area contributed by atoms with Gasteiger partial charge in [0.1, 0.15) is 5.75 Å². The first-order chi connectivity index (χ1) is 12.4. The predicted molar refractivity (Wildman–Crippen MR) is 88.2 cm³/mol. The predicted octanol–water partition coefficient (Wildman–Crippen LogP) is -0.637. The van der Waals surface area contributed by atoms with E-state index < -0.39 is 24.9 Å². The number of nitrogens with one attached hydrogen (secondary N) is 1. The smallest absolute Gasteiger partial charge is 0.534 e. The van der Waals surface area contributed by atoms with E-state index in [4.69, 9.17) is 9.76 Å². The van der Waals surface area contributed by atoms with Crippen molar-refractivity contribution in [2.75, 3.05) is 6.54 Å². The average molecular weight is 360 g/mol. The van der Waals surface area contributed by atoms with Crippen molar-refractivity contribution in [3.63, 3.8) is 0 Å². The molecule has 0 saturated carbocycles. The molecule has 1 atom stereocenters. The lowest BCUT2D eigenvalue weighted by Gasteiger charge is -2.29. The molecule has 3 N–H and O–H groups in total. The van der Waals surface area contributed by atoms with Gasteiger partial charge in [0.2, 0.25) is 17.7 Å². The Balaban J connectivity index is 1.61. The van der Waals surface area contributed by atoms with Crippen LogP contribution in [0.4, 0.5) is 0 Å². The van der Waals surface area contributed by atoms with Crippen LogP contribution >= 0.6 is 0 Å². The number of carboxylic acids is 1. The maximum absolute atomic E-state index is 12.1. The quantitative estimate of drug-likeness (QED) is 0.470. The number of likely N-dealkylation sites (tertiary alicyclic amines) is 1. The molecular formula is C16H17BN2O7. The summed E-state index contributed by atoms with van der Waals surface area (Å²) < 4.78 is 5.29. The SMILES string of the molecule is O=C(CCN1C(=O)CCC1=O)NC1Cc2cccc(C(=O)O)c2OB1O. The molecule has 0 aliphatic carbocycles. The molecule has 3 amide bonds. The van der Waals surface area contributed by atoms with E-state index in [1.165, 1.54) is 6.07 Å². The highest BCUT2D eigenvalue weighted by Crippen LogP contribution is 2.30. The summed E-state index contributed by atoms with van der Waals surface area (Å²) in [5, 5.41) is 21.9. The number of hydrogen-bond acceptors (Lipinski definition) is 6. The van der Waals surface area contributed by atoms with E-state index in [1.807, 2.05) is 0 Å². The summed E-state index contributed by atoms with van der Waals surface area (Å²) in [4.78, 5) is 47.4. The summed E-state index contributed by atoms with van der Waals surface area (Å²) in [6.07, 6.45) is 0.449. The van der Waals surface area contributed by atoms with Crippen molar-refractivity contribution in [2.24, 2.45) is 0 Å². The number of para-hydroxylation sites is 1. The molecule has 0 aromatic heterocycles. The van der Waals surface area contributed by atoms with E-state index in [0.717, 1.165) is 4.90 Å². The first kappa shape index (κ1) is 17.9. The van der Waals surface area contributed by atoms with Gasteiger partial charge in [0, 0.05) is 25.8 Å². The summed E-state index contributed by atoms with van der Waals surface area (Å²) in [6, 6.07) is 4.60. The van der Waals surface area contributed by atoms with Crippen molar-refractivity contribution in [2.45, 2.75) is 31.6 Å². The fraction of sp³-hybridized carbons (Fsp3) is 0.375. The van der Waals surface area contributed by atoms with Crippen LogP contribution in [0.1, 0.15) is 35.2 Å². The molecule has 1 unspecified atom stereocenters. The standard InChI is InChI=1S/C16H17BN2O7/c20-12(6-7-19-13(21)4-5-14(19)22)18-11-8-9-2-1-3-10(16(23)24)15(9)26-17(11)25/h1-3,11,25H,4-8H2,(H,18,20)(H,23,24). The van der Waals surface area contributed by atoms with Crippen LogP contribution in [-0.2, 0) is 20.8 Å². The van der Waals surface area contributed by atoms with Crippen molar-refractivity contribution in [1.29, 1.82) is 0 Å². The number of hydrogen-bond donors (Lipinski definition) is 3. The lowest BCUT2D eigenvalue weighted by atomic mass is 9.72. The Bertz CT molecular complexity index is 766. The molecule has 0 radical (unpaired) electrons. The molecule has 2 aliphatic rings. The van der Waals surface area contributed by atoms with Gasteiger partial charge < -0.3 is 20.1 Å². The Morgan fingerprint density at radius 1 is 1.27 bits per heavy atom. The first-order valence-corrected chi connectivity index (χ1v) is 8.19. The molecule has 1 fully saturated rings. The molecule has 0 spiro atoms. The highest BCUT2D eigenvalue weighted by Gasteiger charge is 2.38. The number of carbonyl (C=O) groups excluding carboxylic acids is 3. The number of nitrogens with zero attached hydrogens (tertiary/aromatic N) is 1. The normalized spacial score (nSPS) is 19.2. The fourth-order valence-corrected chi connectivity index (χ4v) is 3.08. The molecular weight excluding hydrogens is 343 g/mol. The van der Waals surface area contributed by atoms with Crippen molar-refractivity contribution >= 4 is 30.8 Å². The minimum Gasteiger partial charge on any atom is -0.534 e. The molecule has 26 heavy (non-hydrogen) atoms. The van der Waals surface area contributed by atoms with Crippen LogP contribution in [-0.4, -0.2) is 58.3 Å². The highest BCUT2D eigenvalue weighted by molar-refractivity contribution is 6.47. The largest absolute Gasteiger partial charge is 0.547 e. The van der Waals surface area contributed by atoms with E-state index in [2.05, 4.69) is 5.32 Å². The molecule has 136 valence electrons. The Morgan fingerprint density at radius 2 is 1.96 bits per heavy atom. The number of rotatable bonds is 5. The van der Waals surface area contributed by atoms with E-state index in [1.54, 1.807) is 12.1 Å². The van der Waals surface area contributed by atoms with Gasteiger partial charge in [-0.2, -0.15) is 0 Å². The number of imide groups is 1. The monoisotopic (exact) mass is 360 g/mol. The lowest BCUT2D eigenvalue weighted by Crippen LogP contribution is -2.53. The van der Waals surface area contributed by atoms with Crippen molar-refractivity contribution in [1.82, 2.24) is 10.2 Å². The summed E-state index contributed by atoms with van der Waals surface area (Å²) in [5.41, 5.74) is 0.503. The van der Waals surface area contributed by atoms with Gasteiger partial charge >= 0.3 is 13.1 Å². The van der Waals surface area contributed by atoms with Crippen molar-refractivity contribution in [3.8, 4) is 5.75 Å². The fourth-order valence-electron chi connectivity index (χ4n) is 3.08. The average Bonchev–Trinajstić information content (AvgIpc) is 2.91. The zero-order chi connectivity index (χ0) is 18.8. The highest BCUT2D eigenvalue weighted by atomic mass is 16.5. The van der Waals surface area contributed by atoms with Crippen LogP contribution in [0.5, 0.6) is 5.75 Å². The number of aromatic carboxylic acids is 1. The molecule has 0 bridgehead atoms. The Morgan fingerprint density at radius 3 is 2.62 bits per heavy atom. The molecule has 9 nitrogen and oxygen atoms in total.